The topological polar surface area (TPSA) is 55.9 Å². The Labute approximate surface area is 110 Å². The molecule has 0 aliphatic heterocycles. The van der Waals surface area contributed by atoms with Gasteiger partial charge in [0.25, 0.3) is 0 Å². The summed E-state index contributed by atoms with van der Waals surface area (Å²) in [5, 5.41) is 11.6. The first-order valence-corrected chi connectivity index (χ1v) is 6.08. The molecule has 1 aromatic carbocycles. The van der Waals surface area contributed by atoms with Crippen molar-refractivity contribution in [1.29, 1.82) is 0 Å². The van der Waals surface area contributed by atoms with E-state index in [4.69, 9.17) is 4.42 Å². The van der Waals surface area contributed by atoms with Crippen LogP contribution in [0.4, 0.5) is 5.69 Å². The van der Waals surface area contributed by atoms with Gasteiger partial charge in [0, 0.05) is 11.3 Å². The molecule has 0 aliphatic carbocycles. The van der Waals surface area contributed by atoms with E-state index < -0.39 is 0 Å². The maximum absolute atomic E-state index is 5.08. The summed E-state index contributed by atoms with van der Waals surface area (Å²) in [5.74, 6) is 0. The predicted molar refractivity (Wildman–Crippen MR) is 72.1 cm³/mol. The lowest BCUT2D eigenvalue weighted by molar-refractivity contribution is 0.562. The maximum Gasteiger partial charge on any atom is 0.0955 e. The number of nitrogens with one attached hydrogen (secondary N) is 1. The van der Waals surface area contributed by atoms with Crippen molar-refractivity contribution in [2.75, 3.05) is 5.32 Å². The van der Waals surface area contributed by atoms with Gasteiger partial charge < -0.3 is 9.73 Å². The third-order valence-electron chi connectivity index (χ3n) is 2.94. The van der Waals surface area contributed by atoms with Crippen molar-refractivity contribution >= 4 is 5.69 Å². The van der Waals surface area contributed by atoms with E-state index in [1.54, 1.807) is 29.7 Å². The van der Waals surface area contributed by atoms with E-state index in [9.17, 15) is 0 Å². The van der Waals surface area contributed by atoms with E-state index >= 15 is 0 Å². The first-order valence-electron chi connectivity index (χ1n) is 6.08. The normalized spacial score (nSPS) is 12.3. The number of benzene rings is 1. The first kappa shape index (κ1) is 11.5. The summed E-state index contributed by atoms with van der Waals surface area (Å²) in [5.41, 5.74) is 3.11. The molecule has 5 heteroatoms. The number of aromatic nitrogens is 3. The summed E-state index contributed by atoms with van der Waals surface area (Å²) < 4.78 is 5.08. The van der Waals surface area contributed by atoms with Crippen LogP contribution in [-0.4, -0.2) is 15.0 Å². The first-order chi connectivity index (χ1) is 9.33. The van der Waals surface area contributed by atoms with Crippen molar-refractivity contribution < 1.29 is 4.42 Å². The molecule has 0 radical (unpaired) electrons. The van der Waals surface area contributed by atoms with Crippen LogP contribution in [-0.2, 0) is 0 Å². The quantitative estimate of drug-likeness (QED) is 0.777. The minimum absolute atomic E-state index is 0.201. The summed E-state index contributed by atoms with van der Waals surface area (Å²) in [7, 11) is 0. The van der Waals surface area contributed by atoms with Crippen molar-refractivity contribution in [3.8, 4) is 5.69 Å². The summed E-state index contributed by atoms with van der Waals surface area (Å²) in [6.07, 6.45) is 6.75. The molecule has 0 saturated carbocycles. The number of nitrogens with zero attached hydrogens (tertiary/aromatic N) is 3. The van der Waals surface area contributed by atoms with Crippen molar-refractivity contribution in [2.45, 2.75) is 13.0 Å². The van der Waals surface area contributed by atoms with Crippen LogP contribution in [0.25, 0.3) is 5.69 Å². The molecule has 1 unspecified atom stereocenters. The Balaban J connectivity index is 1.73. The second-order valence-corrected chi connectivity index (χ2v) is 4.29. The van der Waals surface area contributed by atoms with Crippen LogP contribution in [0.1, 0.15) is 18.5 Å². The predicted octanol–water partition coefficient (Wildman–Crippen LogP) is 3.03. The van der Waals surface area contributed by atoms with Crippen molar-refractivity contribution in [3.63, 3.8) is 0 Å². The van der Waals surface area contributed by atoms with Gasteiger partial charge in [0.2, 0.25) is 0 Å². The summed E-state index contributed by atoms with van der Waals surface area (Å²) in [4.78, 5) is 1.59. The fraction of sp³-hybridized carbons (Fsp3) is 0.143. The van der Waals surface area contributed by atoms with E-state index in [0.29, 0.717) is 0 Å². The van der Waals surface area contributed by atoms with Crippen LogP contribution in [0.2, 0.25) is 0 Å². The third-order valence-corrected chi connectivity index (χ3v) is 2.94. The molecule has 3 aromatic rings. The number of hydrogen-bond donors (Lipinski definition) is 1. The van der Waals surface area contributed by atoms with Gasteiger partial charge in [0.1, 0.15) is 0 Å². The molecule has 5 nitrogen and oxygen atoms in total. The Morgan fingerprint density at radius 3 is 2.47 bits per heavy atom. The molecule has 0 spiro atoms. The summed E-state index contributed by atoms with van der Waals surface area (Å²) in [6, 6.07) is 10.1. The summed E-state index contributed by atoms with van der Waals surface area (Å²) in [6.45, 7) is 2.09. The van der Waals surface area contributed by atoms with Crippen LogP contribution in [0.5, 0.6) is 0 Å². The molecule has 2 aromatic heterocycles. The van der Waals surface area contributed by atoms with Crippen LogP contribution < -0.4 is 5.32 Å². The smallest absolute Gasteiger partial charge is 0.0955 e. The van der Waals surface area contributed by atoms with Crippen LogP contribution in [0.3, 0.4) is 0 Å². The van der Waals surface area contributed by atoms with Gasteiger partial charge in [-0.2, -0.15) is 15.0 Å². The second kappa shape index (κ2) is 4.97. The van der Waals surface area contributed by atoms with Gasteiger partial charge in [-0.1, -0.05) is 0 Å². The fourth-order valence-corrected chi connectivity index (χ4v) is 1.89. The molecule has 2 heterocycles. The van der Waals surface area contributed by atoms with Gasteiger partial charge >= 0.3 is 0 Å². The average molecular weight is 254 g/mol. The highest BCUT2D eigenvalue weighted by Crippen LogP contribution is 2.20. The molecule has 0 fully saturated rings. The second-order valence-electron chi connectivity index (χ2n) is 4.29. The van der Waals surface area contributed by atoms with Gasteiger partial charge in [-0.05, 0) is 37.3 Å². The average Bonchev–Trinajstić information content (AvgIpc) is 3.13. The van der Waals surface area contributed by atoms with Crippen molar-refractivity contribution in [1.82, 2.24) is 15.0 Å². The standard InChI is InChI=1S/C14H14N4O/c1-11(12-6-9-19-10-12)17-13-2-4-14(5-3-13)18-15-7-8-16-18/h2-11,17H,1H3. The Kier molecular flexibility index (Phi) is 3.02. The Morgan fingerprint density at radius 1 is 1.11 bits per heavy atom. The zero-order valence-corrected chi connectivity index (χ0v) is 10.5. The SMILES string of the molecule is CC(Nc1ccc(-n2nccn2)cc1)c1ccoc1. The number of rotatable bonds is 4. The number of hydrogen-bond acceptors (Lipinski definition) is 4. The molecule has 19 heavy (non-hydrogen) atoms. The lowest BCUT2D eigenvalue weighted by Crippen LogP contribution is -2.05. The van der Waals surface area contributed by atoms with Crippen LogP contribution >= 0.6 is 0 Å². The van der Waals surface area contributed by atoms with E-state index in [0.717, 1.165) is 16.9 Å². The molecule has 0 saturated heterocycles. The Hall–Kier alpha value is -2.56. The van der Waals surface area contributed by atoms with E-state index in [1.165, 1.54) is 0 Å². The molecule has 1 N–H and O–H groups in total. The number of furan rings is 1. The molecule has 96 valence electrons. The lowest BCUT2D eigenvalue weighted by atomic mass is 10.1. The number of anilines is 1. The molecule has 0 aliphatic rings. The molecule has 1 atom stereocenters. The molecular formula is C14H14N4O. The van der Waals surface area contributed by atoms with E-state index in [2.05, 4.69) is 22.4 Å². The van der Waals surface area contributed by atoms with Gasteiger partial charge in [0.05, 0.1) is 36.6 Å². The van der Waals surface area contributed by atoms with Gasteiger partial charge in [-0.3, -0.25) is 0 Å². The Bertz CT molecular complexity index is 614. The van der Waals surface area contributed by atoms with Gasteiger partial charge in [-0.15, -0.1) is 0 Å². The minimum Gasteiger partial charge on any atom is -0.472 e. The van der Waals surface area contributed by atoms with Crippen molar-refractivity contribution in [3.05, 3.63) is 60.8 Å². The maximum atomic E-state index is 5.08. The van der Waals surface area contributed by atoms with E-state index in [1.807, 2.05) is 30.3 Å². The monoisotopic (exact) mass is 254 g/mol. The highest BCUT2D eigenvalue weighted by atomic mass is 16.3. The highest BCUT2D eigenvalue weighted by molar-refractivity contribution is 5.49. The highest BCUT2D eigenvalue weighted by Gasteiger charge is 2.06. The van der Waals surface area contributed by atoms with Crippen LogP contribution in [0, 0.1) is 0 Å². The van der Waals surface area contributed by atoms with Gasteiger partial charge in [-0.25, -0.2) is 0 Å². The summed E-state index contributed by atoms with van der Waals surface area (Å²) >= 11 is 0. The largest absolute Gasteiger partial charge is 0.472 e. The fourth-order valence-electron chi connectivity index (χ4n) is 1.89. The zero-order valence-electron chi connectivity index (χ0n) is 10.5. The molecule has 0 amide bonds. The Morgan fingerprint density at radius 2 is 1.84 bits per heavy atom. The van der Waals surface area contributed by atoms with Crippen LogP contribution in [0.15, 0.2) is 59.7 Å². The zero-order chi connectivity index (χ0) is 13.1. The van der Waals surface area contributed by atoms with E-state index in [-0.39, 0.29) is 6.04 Å². The molecule has 0 bridgehead atoms. The van der Waals surface area contributed by atoms with Gasteiger partial charge in [0.15, 0.2) is 0 Å². The minimum atomic E-state index is 0.201. The lowest BCUT2D eigenvalue weighted by Gasteiger charge is -2.13. The molecular weight excluding hydrogens is 240 g/mol. The van der Waals surface area contributed by atoms with Crippen molar-refractivity contribution in [2.24, 2.45) is 0 Å². The molecule has 3 rings (SSSR count). The third kappa shape index (κ3) is 2.49.